The predicted molar refractivity (Wildman–Crippen MR) is 77.9 cm³/mol. The Kier molecular flexibility index (Phi) is 4.53. The van der Waals surface area contributed by atoms with E-state index in [1.165, 1.54) is 5.56 Å². The van der Waals surface area contributed by atoms with Gasteiger partial charge in [-0.15, -0.1) is 0 Å². The number of nitrogens with one attached hydrogen (secondary N) is 1. The second-order valence-electron chi connectivity index (χ2n) is 4.17. The van der Waals surface area contributed by atoms with Crippen LogP contribution in [0.3, 0.4) is 0 Å². The number of nitrogens with zero attached hydrogens (tertiary/aromatic N) is 1. The minimum Gasteiger partial charge on any atom is -0.279 e. The molecule has 2 rings (SSSR count). The van der Waals surface area contributed by atoms with Crippen molar-refractivity contribution in [1.82, 2.24) is 0 Å². The van der Waals surface area contributed by atoms with Crippen LogP contribution >= 0.6 is 0 Å². The molecule has 0 saturated heterocycles. The zero-order valence-corrected chi connectivity index (χ0v) is 10.6. The van der Waals surface area contributed by atoms with E-state index in [-0.39, 0.29) is 0 Å². The summed E-state index contributed by atoms with van der Waals surface area (Å²) in [5, 5.41) is 4.47. The zero-order chi connectivity index (χ0) is 12.6. The Balaban J connectivity index is 2.00. The summed E-state index contributed by atoms with van der Waals surface area (Å²) >= 11 is 0. The molecule has 0 saturated carbocycles. The Hall–Kier alpha value is -2.09. The number of benzene rings is 2. The lowest BCUT2D eigenvalue weighted by atomic mass is 10.1. The van der Waals surface area contributed by atoms with Crippen molar-refractivity contribution < 1.29 is 0 Å². The van der Waals surface area contributed by atoms with E-state index in [4.69, 9.17) is 0 Å². The number of hydrogen-bond donors (Lipinski definition) is 1. The van der Waals surface area contributed by atoms with E-state index in [1.54, 1.807) is 0 Å². The summed E-state index contributed by atoms with van der Waals surface area (Å²) in [5.41, 5.74) is 6.58. The minimum atomic E-state index is 0.900. The fourth-order valence-corrected chi connectivity index (χ4v) is 1.73. The van der Waals surface area contributed by atoms with Crippen LogP contribution in [0.1, 0.15) is 18.9 Å². The molecule has 0 spiro atoms. The van der Waals surface area contributed by atoms with Gasteiger partial charge in [0.1, 0.15) is 0 Å². The van der Waals surface area contributed by atoms with Gasteiger partial charge in [-0.25, -0.2) is 0 Å². The summed E-state index contributed by atoms with van der Waals surface area (Å²) in [5.74, 6) is 0. The highest BCUT2D eigenvalue weighted by Gasteiger charge is 1.99. The molecule has 0 aliphatic rings. The summed E-state index contributed by atoms with van der Waals surface area (Å²) in [6.45, 7) is 2.13. The summed E-state index contributed by atoms with van der Waals surface area (Å²) < 4.78 is 0. The van der Waals surface area contributed by atoms with Gasteiger partial charge in [-0.3, -0.25) is 5.43 Å². The lowest BCUT2D eigenvalue weighted by Gasteiger charge is -2.05. The van der Waals surface area contributed by atoms with E-state index < -0.39 is 0 Å². The van der Waals surface area contributed by atoms with Gasteiger partial charge in [-0.05, 0) is 24.1 Å². The molecule has 0 unspecified atom stereocenters. The normalized spacial score (nSPS) is 11.3. The highest BCUT2D eigenvalue weighted by molar-refractivity contribution is 5.86. The van der Waals surface area contributed by atoms with Crippen LogP contribution < -0.4 is 5.43 Å². The van der Waals surface area contributed by atoms with Crippen molar-refractivity contribution in [2.45, 2.75) is 19.8 Å². The Bertz CT molecular complexity index is 489. The van der Waals surface area contributed by atoms with E-state index in [9.17, 15) is 0 Å². The number of hydrogen-bond acceptors (Lipinski definition) is 2. The zero-order valence-electron chi connectivity index (χ0n) is 10.6. The van der Waals surface area contributed by atoms with Crippen molar-refractivity contribution in [3.8, 4) is 0 Å². The third kappa shape index (κ3) is 3.74. The highest BCUT2D eigenvalue weighted by atomic mass is 15.3. The van der Waals surface area contributed by atoms with Crippen LogP contribution in [-0.2, 0) is 6.42 Å². The van der Waals surface area contributed by atoms with Gasteiger partial charge >= 0.3 is 0 Å². The minimum absolute atomic E-state index is 0.900. The second-order valence-corrected chi connectivity index (χ2v) is 4.17. The van der Waals surface area contributed by atoms with Gasteiger partial charge < -0.3 is 0 Å². The largest absolute Gasteiger partial charge is 0.279 e. The molecule has 0 bridgehead atoms. The lowest BCUT2D eigenvalue weighted by Crippen LogP contribution is -2.05. The number of hydrazone groups is 1. The molecular weight excluding hydrogens is 220 g/mol. The van der Waals surface area contributed by atoms with Crippen LogP contribution in [0.4, 0.5) is 5.69 Å². The molecule has 0 amide bonds. The quantitative estimate of drug-likeness (QED) is 0.615. The van der Waals surface area contributed by atoms with Crippen molar-refractivity contribution in [3.63, 3.8) is 0 Å². The first-order valence-corrected chi connectivity index (χ1v) is 6.29. The van der Waals surface area contributed by atoms with E-state index >= 15 is 0 Å². The van der Waals surface area contributed by atoms with E-state index in [2.05, 4.69) is 41.7 Å². The van der Waals surface area contributed by atoms with E-state index in [0.717, 1.165) is 24.2 Å². The van der Waals surface area contributed by atoms with Gasteiger partial charge in [-0.1, -0.05) is 55.5 Å². The molecule has 2 nitrogen and oxygen atoms in total. The fraction of sp³-hybridized carbons (Fsp3) is 0.188. The van der Waals surface area contributed by atoms with Crippen LogP contribution in [0.15, 0.2) is 65.8 Å². The number of rotatable bonds is 5. The summed E-state index contributed by atoms with van der Waals surface area (Å²) in [7, 11) is 0. The lowest BCUT2D eigenvalue weighted by molar-refractivity contribution is 1.15. The Morgan fingerprint density at radius 3 is 2.17 bits per heavy atom. The molecule has 0 atom stereocenters. The summed E-state index contributed by atoms with van der Waals surface area (Å²) in [6, 6.07) is 20.5. The molecule has 0 radical (unpaired) electrons. The molecule has 0 fully saturated rings. The third-order valence-electron chi connectivity index (χ3n) is 2.78. The van der Waals surface area contributed by atoms with Crippen molar-refractivity contribution in [2.24, 2.45) is 5.10 Å². The maximum Gasteiger partial charge on any atom is 0.0561 e. The third-order valence-corrected chi connectivity index (χ3v) is 2.78. The predicted octanol–water partition coefficient (Wildman–Crippen LogP) is 4.11. The molecular formula is C16H18N2. The van der Waals surface area contributed by atoms with Crippen LogP contribution in [0, 0.1) is 0 Å². The van der Waals surface area contributed by atoms with Gasteiger partial charge in [0.2, 0.25) is 0 Å². The first-order chi connectivity index (χ1) is 8.88. The molecule has 1 N–H and O–H groups in total. The van der Waals surface area contributed by atoms with Crippen molar-refractivity contribution in [3.05, 3.63) is 66.2 Å². The Morgan fingerprint density at radius 1 is 0.944 bits per heavy atom. The molecule has 2 aromatic rings. The smallest absolute Gasteiger partial charge is 0.0561 e. The number of para-hydroxylation sites is 1. The molecule has 0 aliphatic heterocycles. The van der Waals surface area contributed by atoms with Crippen LogP contribution in [-0.4, -0.2) is 5.71 Å². The van der Waals surface area contributed by atoms with Crippen LogP contribution in [0.5, 0.6) is 0 Å². The van der Waals surface area contributed by atoms with Crippen molar-refractivity contribution in [1.29, 1.82) is 0 Å². The molecule has 92 valence electrons. The monoisotopic (exact) mass is 238 g/mol. The average molecular weight is 238 g/mol. The molecule has 0 aromatic heterocycles. The average Bonchev–Trinajstić information content (AvgIpc) is 2.45. The van der Waals surface area contributed by atoms with E-state index in [1.807, 2.05) is 36.4 Å². The molecule has 2 aromatic carbocycles. The Labute approximate surface area is 108 Å². The first kappa shape index (κ1) is 12.4. The molecule has 0 heterocycles. The summed E-state index contributed by atoms with van der Waals surface area (Å²) in [4.78, 5) is 0. The molecule has 2 heteroatoms. The van der Waals surface area contributed by atoms with Gasteiger partial charge in [0.15, 0.2) is 0 Å². The van der Waals surface area contributed by atoms with Crippen LogP contribution in [0.25, 0.3) is 0 Å². The number of anilines is 1. The second kappa shape index (κ2) is 6.60. The first-order valence-electron chi connectivity index (χ1n) is 6.29. The SMILES string of the molecule is CCC(Cc1ccccc1)=NNc1ccccc1. The standard InChI is InChI=1S/C16H18N2/c1-2-15(13-14-9-5-3-6-10-14)17-18-16-11-7-4-8-12-16/h3-12,18H,2,13H2,1H3. The fourth-order valence-electron chi connectivity index (χ4n) is 1.73. The van der Waals surface area contributed by atoms with Gasteiger partial charge in [0, 0.05) is 12.1 Å². The highest BCUT2D eigenvalue weighted by Crippen LogP contribution is 2.07. The Morgan fingerprint density at radius 2 is 1.56 bits per heavy atom. The summed E-state index contributed by atoms with van der Waals surface area (Å²) in [6.07, 6.45) is 1.85. The molecule has 18 heavy (non-hydrogen) atoms. The maximum absolute atomic E-state index is 4.47. The maximum atomic E-state index is 4.47. The van der Waals surface area contributed by atoms with Gasteiger partial charge in [0.25, 0.3) is 0 Å². The van der Waals surface area contributed by atoms with Gasteiger partial charge in [-0.2, -0.15) is 5.10 Å². The van der Waals surface area contributed by atoms with Gasteiger partial charge in [0.05, 0.1) is 5.69 Å². The van der Waals surface area contributed by atoms with E-state index in [0.29, 0.717) is 0 Å². The topological polar surface area (TPSA) is 24.4 Å². The molecule has 0 aliphatic carbocycles. The van der Waals surface area contributed by atoms with Crippen LogP contribution in [0.2, 0.25) is 0 Å². The van der Waals surface area contributed by atoms with Crippen molar-refractivity contribution >= 4 is 11.4 Å². The van der Waals surface area contributed by atoms with Crippen molar-refractivity contribution in [2.75, 3.05) is 5.43 Å².